The van der Waals surface area contributed by atoms with Gasteiger partial charge in [0.2, 0.25) is 0 Å². The number of hydrogen-bond acceptors (Lipinski definition) is 1. The Bertz CT molecular complexity index is 250. The van der Waals surface area contributed by atoms with E-state index in [1.165, 1.54) is 5.57 Å². The fourth-order valence-electron chi connectivity index (χ4n) is 1.63. The first-order valence-electron chi connectivity index (χ1n) is 4.05. The molecule has 2 aliphatic rings. The van der Waals surface area contributed by atoms with E-state index in [2.05, 4.69) is 11.4 Å². The molecule has 0 saturated heterocycles. The second-order valence-electron chi connectivity index (χ2n) is 2.96. The van der Waals surface area contributed by atoms with Crippen molar-refractivity contribution < 1.29 is 4.79 Å². The molecule has 0 bridgehead atoms. The standard InChI is InChI=1S/C9H11NO/c11-9-8-4-2-1-3-7(8)5-6-10-9/h2,4H,1,3,5-6H2,(H,10,11). The molecule has 0 unspecified atom stereocenters. The Kier molecular flexibility index (Phi) is 1.53. The van der Waals surface area contributed by atoms with Crippen LogP contribution in [0.25, 0.3) is 0 Å². The van der Waals surface area contributed by atoms with Crippen molar-refractivity contribution in [1.82, 2.24) is 5.32 Å². The number of hydrogen-bond donors (Lipinski definition) is 1. The second kappa shape index (κ2) is 2.53. The lowest BCUT2D eigenvalue weighted by atomic mass is 9.92. The third-order valence-corrected chi connectivity index (χ3v) is 2.24. The third-order valence-electron chi connectivity index (χ3n) is 2.24. The van der Waals surface area contributed by atoms with Gasteiger partial charge in [-0.2, -0.15) is 0 Å². The van der Waals surface area contributed by atoms with Crippen LogP contribution in [0.3, 0.4) is 0 Å². The van der Waals surface area contributed by atoms with Crippen molar-refractivity contribution in [2.75, 3.05) is 6.54 Å². The topological polar surface area (TPSA) is 29.1 Å². The first kappa shape index (κ1) is 6.65. The summed E-state index contributed by atoms with van der Waals surface area (Å²) in [5, 5.41) is 2.83. The number of nitrogens with one attached hydrogen (secondary N) is 1. The molecule has 2 nitrogen and oxygen atoms in total. The predicted octanol–water partition coefficient (Wildman–Crippen LogP) is 1.15. The van der Waals surface area contributed by atoms with Crippen LogP contribution in [-0.4, -0.2) is 12.5 Å². The normalized spacial score (nSPS) is 23.1. The highest BCUT2D eigenvalue weighted by atomic mass is 16.1. The van der Waals surface area contributed by atoms with Gasteiger partial charge >= 0.3 is 0 Å². The fraction of sp³-hybridized carbons (Fsp3) is 0.444. The average Bonchev–Trinajstić information content (AvgIpc) is 2.06. The minimum Gasteiger partial charge on any atom is -0.352 e. The molecular formula is C9H11NO. The lowest BCUT2D eigenvalue weighted by Gasteiger charge is -2.20. The van der Waals surface area contributed by atoms with Crippen LogP contribution in [0.1, 0.15) is 19.3 Å². The van der Waals surface area contributed by atoms with E-state index in [1.54, 1.807) is 0 Å². The van der Waals surface area contributed by atoms with Gasteiger partial charge in [0, 0.05) is 12.1 Å². The van der Waals surface area contributed by atoms with Gasteiger partial charge in [-0.3, -0.25) is 4.79 Å². The fourth-order valence-corrected chi connectivity index (χ4v) is 1.63. The quantitative estimate of drug-likeness (QED) is 0.550. The van der Waals surface area contributed by atoms with E-state index in [0.717, 1.165) is 31.4 Å². The minimum absolute atomic E-state index is 0.113. The van der Waals surface area contributed by atoms with E-state index in [-0.39, 0.29) is 5.91 Å². The van der Waals surface area contributed by atoms with E-state index in [0.29, 0.717) is 0 Å². The molecule has 1 N–H and O–H groups in total. The van der Waals surface area contributed by atoms with Gasteiger partial charge in [-0.25, -0.2) is 0 Å². The van der Waals surface area contributed by atoms with Crippen molar-refractivity contribution in [2.45, 2.75) is 19.3 Å². The summed E-state index contributed by atoms with van der Waals surface area (Å²) in [5.41, 5.74) is 2.26. The molecule has 11 heavy (non-hydrogen) atoms. The van der Waals surface area contributed by atoms with Gasteiger partial charge in [0.05, 0.1) is 0 Å². The molecule has 58 valence electrons. The van der Waals surface area contributed by atoms with Crippen LogP contribution in [0, 0.1) is 0 Å². The number of carbonyl (C=O) groups excluding carboxylic acids is 1. The zero-order chi connectivity index (χ0) is 7.68. The first-order chi connectivity index (χ1) is 5.38. The molecule has 0 fully saturated rings. The largest absolute Gasteiger partial charge is 0.352 e. The van der Waals surface area contributed by atoms with Gasteiger partial charge in [-0.1, -0.05) is 17.7 Å². The molecule has 2 rings (SSSR count). The minimum atomic E-state index is 0.113. The monoisotopic (exact) mass is 149 g/mol. The molecule has 0 radical (unpaired) electrons. The van der Waals surface area contributed by atoms with Crippen molar-refractivity contribution in [3.8, 4) is 0 Å². The van der Waals surface area contributed by atoms with E-state index >= 15 is 0 Å². The van der Waals surface area contributed by atoms with Gasteiger partial charge in [-0.05, 0) is 19.3 Å². The maximum Gasteiger partial charge on any atom is 0.251 e. The maximum absolute atomic E-state index is 11.2. The summed E-state index contributed by atoms with van der Waals surface area (Å²) in [6.45, 7) is 0.825. The second-order valence-corrected chi connectivity index (χ2v) is 2.96. The molecule has 0 spiro atoms. The highest BCUT2D eigenvalue weighted by Crippen LogP contribution is 2.23. The van der Waals surface area contributed by atoms with Crippen LogP contribution >= 0.6 is 0 Å². The number of allylic oxidation sites excluding steroid dienone is 1. The molecule has 0 atom stereocenters. The summed E-state index contributed by atoms with van der Waals surface area (Å²) in [6, 6.07) is 0. The van der Waals surface area contributed by atoms with Crippen molar-refractivity contribution in [2.24, 2.45) is 0 Å². The van der Waals surface area contributed by atoms with Crippen molar-refractivity contribution in [1.29, 1.82) is 0 Å². The maximum atomic E-state index is 11.2. The Morgan fingerprint density at radius 2 is 2.27 bits per heavy atom. The summed E-state index contributed by atoms with van der Waals surface area (Å²) in [7, 11) is 0. The Morgan fingerprint density at radius 3 is 3.09 bits per heavy atom. The molecule has 1 aliphatic heterocycles. The zero-order valence-electron chi connectivity index (χ0n) is 6.39. The Hall–Kier alpha value is -1.05. The van der Waals surface area contributed by atoms with Gasteiger partial charge in [0.15, 0.2) is 0 Å². The molecule has 1 amide bonds. The smallest absolute Gasteiger partial charge is 0.251 e. The van der Waals surface area contributed by atoms with Crippen molar-refractivity contribution >= 4 is 5.91 Å². The summed E-state index contributed by atoms with van der Waals surface area (Å²) in [6.07, 6.45) is 7.26. The highest BCUT2D eigenvalue weighted by molar-refractivity contribution is 5.98. The van der Waals surface area contributed by atoms with E-state index in [4.69, 9.17) is 0 Å². The zero-order valence-corrected chi connectivity index (χ0v) is 6.39. The van der Waals surface area contributed by atoms with Gasteiger partial charge in [-0.15, -0.1) is 0 Å². The molecule has 0 aromatic rings. The van der Waals surface area contributed by atoms with Crippen molar-refractivity contribution in [3.05, 3.63) is 23.3 Å². The van der Waals surface area contributed by atoms with Crippen LogP contribution in [0.5, 0.6) is 0 Å². The van der Waals surface area contributed by atoms with Crippen LogP contribution in [0.15, 0.2) is 23.3 Å². The van der Waals surface area contributed by atoms with Crippen LogP contribution in [0.2, 0.25) is 0 Å². The Morgan fingerprint density at radius 1 is 1.36 bits per heavy atom. The Labute approximate surface area is 66.0 Å². The number of carbonyl (C=O) groups is 1. The van der Waals surface area contributed by atoms with Gasteiger partial charge < -0.3 is 5.32 Å². The van der Waals surface area contributed by atoms with E-state index < -0.39 is 0 Å². The SMILES string of the molecule is O=C1NCCC2=C1C=CCC2. The van der Waals surface area contributed by atoms with Crippen LogP contribution in [0.4, 0.5) is 0 Å². The molecule has 0 aromatic carbocycles. The number of amides is 1. The molecule has 1 aliphatic carbocycles. The third kappa shape index (κ3) is 1.09. The lowest BCUT2D eigenvalue weighted by molar-refractivity contribution is -0.117. The first-order valence-corrected chi connectivity index (χ1v) is 4.05. The summed E-state index contributed by atoms with van der Waals surface area (Å²) in [5.74, 6) is 0.113. The molecule has 0 saturated carbocycles. The number of rotatable bonds is 0. The van der Waals surface area contributed by atoms with Gasteiger partial charge in [0.25, 0.3) is 5.91 Å². The summed E-state index contributed by atoms with van der Waals surface area (Å²) in [4.78, 5) is 11.2. The highest BCUT2D eigenvalue weighted by Gasteiger charge is 2.18. The average molecular weight is 149 g/mol. The molecule has 0 aromatic heterocycles. The van der Waals surface area contributed by atoms with Crippen LogP contribution < -0.4 is 5.32 Å². The van der Waals surface area contributed by atoms with E-state index in [1.807, 2.05) is 6.08 Å². The Balaban J connectivity index is 2.35. The molecular weight excluding hydrogens is 138 g/mol. The van der Waals surface area contributed by atoms with E-state index in [9.17, 15) is 4.79 Å². The lowest BCUT2D eigenvalue weighted by Crippen LogP contribution is -2.31. The van der Waals surface area contributed by atoms with Crippen LogP contribution in [-0.2, 0) is 4.79 Å². The summed E-state index contributed by atoms with van der Waals surface area (Å²) >= 11 is 0. The molecule has 2 heteroatoms. The van der Waals surface area contributed by atoms with Gasteiger partial charge in [0.1, 0.15) is 0 Å². The molecule has 1 heterocycles. The predicted molar refractivity (Wildman–Crippen MR) is 43.0 cm³/mol. The summed E-state index contributed by atoms with van der Waals surface area (Å²) < 4.78 is 0. The van der Waals surface area contributed by atoms with Crippen molar-refractivity contribution in [3.63, 3.8) is 0 Å².